The Morgan fingerprint density at radius 2 is 2.11 bits per heavy atom. The highest BCUT2D eigenvalue weighted by molar-refractivity contribution is 5.97. The summed E-state index contributed by atoms with van der Waals surface area (Å²) < 4.78 is 51.4. The number of nitrogens with zero attached hydrogens (tertiary/aromatic N) is 3. The molecule has 1 N–H and O–H groups in total. The number of amides is 2. The van der Waals surface area contributed by atoms with Crippen molar-refractivity contribution in [3.8, 4) is 0 Å². The maximum Gasteiger partial charge on any atom is 0.408 e. The summed E-state index contributed by atoms with van der Waals surface area (Å²) >= 11 is 0. The van der Waals surface area contributed by atoms with E-state index in [1.807, 2.05) is 0 Å². The fourth-order valence-corrected chi connectivity index (χ4v) is 3.18. The van der Waals surface area contributed by atoms with Gasteiger partial charge in [0.25, 0.3) is 0 Å². The van der Waals surface area contributed by atoms with Crippen LogP contribution in [0, 0.1) is 11.7 Å². The number of alkyl halides is 3. The highest BCUT2D eigenvalue weighted by Gasteiger charge is 2.43. The molecule has 1 aliphatic rings. The molecule has 27 heavy (non-hydrogen) atoms. The second-order valence-corrected chi connectivity index (χ2v) is 6.35. The summed E-state index contributed by atoms with van der Waals surface area (Å²) in [6.45, 7) is -1.28. The first-order valence-corrected chi connectivity index (χ1v) is 8.05. The Balaban J connectivity index is 1.77. The van der Waals surface area contributed by atoms with Gasteiger partial charge in [-0.2, -0.15) is 18.3 Å². The van der Waals surface area contributed by atoms with Crippen molar-refractivity contribution in [1.29, 1.82) is 0 Å². The Morgan fingerprint density at radius 3 is 2.78 bits per heavy atom. The number of carbonyl (C=O) groups excluding carboxylic acids is 2. The van der Waals surface area contributed by atoms with E-state index in [0.717, 1.165) is 12.4 Å². The summed E-state index contributed by atoms with van der Waals surface area (Å²) in [5.74, 6) is -2.13. The molecule has 2 unspecified atom stereocenters. The average molecular weight is 384 g/mol. The minimum Gasteiger partial charge on any atom is -0.338 e. The van der Waals surface area contributed by atoms with Crippen LogP contribution in [0.2, 0.25) is 0 Å². The van der Waals surface area contributed by atoms with E-state index >= 15 is 0 Å². The summed E-state index contributed by atoms with van der Waals surface area (Å²) in [7, 11) is 1.52. The van der Waals surface area contributed by atoms with Gasteiger partial charge in [-0.3, -0.25) is 14.3 Å². The van der Waals surface area contributed by atoms with Crippen LogP contribution < -0.4 is 5.32 Å². The average Bonchev–Trinajstić information content (AvgIpc) is 3.10. The van der Waals surface area contributed by atoms with Crippen LogP contribution in [0.15, 0.2) is 36.7 Å². The van der Waals surface area contributed by atoms with Gasteiger partial charge >= 0.3 is 6.18 Å². The van der Waals surface area contributed by atoms with Crippen LogP contribution in [0.5, 0.6) is 0 Å². The van der Waals surface area contributed by atoms with Gasteiger partial charge in [-0.1, -0.05) is 12.1 Å². The zero-order chi connectivity index (χ0) is 19.8. The Morgan fingerprint density at radius 1 is 1.37 bits per heavy atom. The first-order chi connectivity index (χ1) is 12.6. The second-order valence-electron chi connectivity index (χ2n) is 6.35. The van der Waals surface area contributed by atoms with Crippen LogP contribution in [0.3, 0.4) is 0 Å². The van der Waals surface area contributed by atoms with Crippen molar-refractivity contribution in [3.05, 3.63) is 48.0 Å². The Hall–Kier alpha value is -2.91. The molecular weight excluding hydrogens is 368 g/mol. The van der Waals surface area contributed by atoms with Gasteiger partial charge in [0.1, 0.15) is 12.4 Å². The molecule has 2 atom stereocenters. The molecule has 1 aliphatic heterocycles. The third-order valence-corrected chi connectivity index (χ3v) is 4.36. The highest BCUT2D eigenvalue weighted by atomic mass is 19.4. The van der Waals surface area contributed by atoms with E-state index in [-0.39, 0.29) is 18.0 Å². The monoisotopic (exact) mass is 384 g/mol. The highest BCUT2D eigenvalue weighted by Crippen LogP contribution is 2.37. The number of nitrogens with one attached hydrogen (secondary N) is 1. The number of benzene rings is 1. The molecule has 3 rings (SSSR count). The van der Waals surface area contributed by atoms with Gasteiger partial charge in [0, 0.05) is 19.7 Å². The smallest absolute Gasteiger partial charge is 0.338 e. The summed E-state index contributed by atoms with van der Waals surface area (Å²) in [5, 5.41) is 6.04. The topological polar surface area (TPSA) is 67.2 Å². The number of hydrogen-bond acceptors (Lipinski definition) is 3. The number of aromatic nitrogens is 2. The third-order valence-electron chi connectivity index (χ3n) is 4.36. The largest absolute Gasteiger partial charge is 0.408 e. The molecule has 6 nitrogen and oxygen atoms in total. The van der Waals surface area contributed by atoms with E-state index in [4.69, 9.17) is 0 Å². The van der Waals surface area contributed by atoms with Crippen LogP contribution in [0.4, 0.5) is 23.2 Å². The van der Waals surface area contributed by atoms with Crippen molar-refractivity contribution >= 4 is 17.5 Å². The molecule has 0 bridgehead atoms. The van der Waals surface area contributed by atoms with Crippen molar-refractivity contribution in [1.82, 2.24) is 14.7 Å². The summed E-state index contributed by atoms with van der Waals surface area (Å²) in [6.07, 6.45) is -2.36. The third kappa shape index (κ3) is 4.26. The van der Waals surface area contributed by atoms with E-state index in [9.17, 15) is 27.2 Å². The molecule has 2 heterocycles. The molecular formula is C17H16F4N4O2. The van der Waals surface area contributed by atoms with Crippen molar-refractivity contribution in [2.45, 2.75) is 25.2 Å². The van der Waals surface area contributed by atoms with E-state index in [0.29, 0.717) is 10.2 Å². The molecule has 10 heteroatoms. The number of carbonyl (C=O) groups is 2. The maximum absolute atomic E-state index is 13.6. The van der Waals surface area contributed by atoms with E-state index < -0.39 is 36.4 Å². The van der Waals surface area contributed by atoms with E-state index in [1.165, 1.54) is 30.1 Å². The SMILES string of the molecule is CN1C(=O)CC(C(=O)Nc2cnn(CC(F)(F)F)c2)C1c1cccc(F)c1. The van der Waals surface area contributed by atoms with E-state index in [2.05, 4.69) is 10.4 Å². The fourth-order valence-electron chi connectivity index (χ4n) is 3.18. The fraction of sp³-hybridized carbons (Fsp3) is 0.353. The molecule has 1 saturated heterocycles. The van der Waals surface area contributed by atoms with Gasteiger partial charge in [0.05, 0.1) is 23.8 Å². The minimum atomic E-state index is -4.43. The molecule has 0 radical (unpaired) electrons. The Kier molecular flexibility index (Phi) is 4.90. The van der Waals surface area contributed by atoms with Crippen LogP contribution in [0.1, 0.15) is 18.0 Å². The summed E-state index contributed by atoms with van der Waals surface area (Å²) in [6, 6.07) is 4.94. The lowest BCUT2D eigenvalue weighted by atomic mass is 9.93. The van der Waals surface area contributed by atoms with Crippen LogP contribution in [0.25, 0.3) is 0 Å². The molecule has 2 amide bonds. The summed E-state index contributed by atoms with van der Waals surface area (Å²) in [5.41, 5.74) is 0.556. The first kappa shape index (κ1) is 18.9. The van der Waals surface area contributed by atoms with Crippen molar-refractivity contribution in [3.63, 3.8) is 0 Å². The van der Waals surface area contributed by atoms with Crippen molar-refractivity contribution in [2.24, 2.45) is 5.92 Å². The first-order valence-electron chi connectivity index (χ1n) is 8.05. The summed E-state index contributed by atoms with van der Waals surface area (Å²) in [4.78, 5) is 26.1. The van der Waals surface area contributed by atoms with Crippen LogP contribution >= 0.6 is 0 Å². The lowest BCUT2D eigenvalue weighted by Crippen LogP contribution is -2.30. The van der Waals surface area contributed by atoms with Crippen LogP contribution in [-0.2, 0) is 16.1 Å². The van der Waals surface area contributed by atoms with Gasteiger partial charge in [-0.15, -0.1) is 0 Å². The molecule has 0 spiro atoms. The van der Waals surface area contributed by atoms with Gasteiger partial charge in [0.15, 0.2) is 0 Å². The maximum atomic E-state index is 13.6. The van der Waals surface area contributed by atoms with Crippen molar-refractivity contribution < 1.29 is 27.2 Å². The molecule has 1 fully saturated rings. The molecule has 144 valence electrons. The van der Waals surface area contributed by atoms with Gasteiger partial charge in [-0.25, -0.2) is 4.39 Å². The van der Waals surface area contributed by atoms with E-state index in [1.54, 1.807) is 6.07 Å². The van der Waals surface area contributed by atoms with Crippen molar-refractivity contribution in [2.75, 3.05) is 12.4 Å². The number of rotatable bonds is 4. The molecule has 1 aromatic heterocycles. The lowest BCUT2D eigenvalue weighted by Gasteiger charge is -2.24. The number of anilines is 1. The molecule has 0 aliphatic carbocycles. The number of hydrogen-bond donors (Lipinski definition) is 1. The number of likely N-dealkylation sites (tertiary alicyclic amines) is 1. The quantitative estimate of drug-likeness (QED) is 0.825. The zero-order valence-corrected chi connectivity index (χ0v) is 14.2. The number of halogens is 4. The van der Waals surface area contributed by atoms with Gasteiger partial charge in [-0.05, 0) is 17.7 Å². The second kappa shape index (κ2) is 7.01. The predicted octanol–water partition coefficient (Wildman–Crippen LogP) is 2.74. The van der Waals surface area contributed by atoms with Crippen LogP contribution in [-0.4, -0.2) is 39.7 Å². The predicted molar refractivity (Wildman–Crippen MR) is 86.9 cm³/mol. The molecule has 0 saturated carbocycles. The van der Waals surface area contributed by atoms with Gasteiger partial charge < -0.3 is 10.2 Å². The Bertz CT molecular complexity index is 865. The normalized spacial score (nSPS) is 20.2. The van der Waals surface area contributed by atoms with Gasteiger partial charge in [0.2, 0.25) is 11.8 Å². The lowest BCUT2D eigenvalue weighted by molar-refractivity contribution is -0.142. The standard InChI is InChI=1S/C17H16F4N4O2/c1-24-14(26)6-13(15(24)10-3-2-4-11(18)5-10)16(27)23-12-7-22-25(8-12)9-17(19,20)21/h2-5,7-8,13,15H,6,9H2,1H3,(H,23,27). The minimum absolute atomic E-state index is 0.0831. The molecule has 2 aromatic rings. The molecule has 1 aromatic carbocycles. The zero-order valence-electron chi connectivity index (χ0n) is 14.2. The Labute approximate surface area is 151 Å².